The molecule has 0 aromatic heterocycles. The Bertz CT molecular complexity index is 367. The number of nitrogens with zero attached hydrogens (tertiary/aromatic N) is 1. The molecule has 0 fully saturated rings. The Morgan fingerprint density at radius 3 is 2.60 bits per heavy atom. The number of nitriles is 1. The molecule has 0 aliphatic heterocycles. The van der Waals surface area contributed by atoms with E-state index in [-0.39, 0.29) is 11.7 Å². The molecule has 1 aromatic rings. The van der Waals surface area contributed by atoms with E-state index in [1.54, 1.807) is 12.1 Å². The number of benzene rings is 1. The van der Waals surface area contributed by atoms with Gasteiger partial charge in [-0.15, -0.1) is 11.6 Å². The highest BCUT2D eigenvalue weighted by Crippen LogP contribution is 2.08. The molecule has 15 heavy (non-hydrogen) atoms. The SMILES string of the molecule is N#Cc1ccc(NCCC(=O)CCl)cc1. The van der Waals surface area contributed by atoms with Crippen molar-refractivity contribution < 1.29 is 4.79 Å². The molecule has 0 amide bonds. The van der Waals surface area contributed by atoms with Crippen molar-refractivity contribution in [1.82, 2.24) is 0 Å². The van der Waals surface area contributed by atoms with E-state index in [9.17, 15) is 4.79 Å². The number of nitrogens with one attached hydrogen (secondary N) is 1. The average Bonchev–Trinajstić information content (AvgIpc) is 2.29. The zero-order valence-electron chi connectivity index (χ0n) is 8.16. The van der Waals surface area contributed by atoms with Crippen LogP contribution in [0.15, 0.2) is 24.3 Å². The first-order chi connectivity index (χ1) is 7.26. The van der Waals surface area contributed by atoms with E-state index >= 15 is 0 Å². The Morgan fingerprint density at radius 2 is 2.07 bits per heavy atom. The zero-order valence-corrected chi connectivity index (χ0v) is 8.92. The van der Waals surface area contributed by atoms with Gasteiger partial charge in [0.15, 0.2) is 0 Å². The standard InChI is InChI=1S/C11H11ClN2O/c12-7-11(15)5-6-14-10-3-1-9(8-13)2-4-10/h1-4,14H,5-7H2. The fourth-order valence-electron chi connectivity index (χ4n) is 1.08. The van der Waals surface area contributed by atoms with Gasteiger partial charge in [-0.05, 0) is 24.3 Å². The van der Waals surface area contributed by atoms with Crippen LogP contribution in [0.1, 0.15) is 12.0 Å². The fraction of sp³-hybridized carbons (Fsp3) is 0.273. The molecule has 78 valence electrons. The summed E-state index contributed by atoms with van der Waals surface area (Å²) >= 11 is 5.36. The van der Waals surface area contributed by atoms with E-state index in [0.29, 0.717) is 18.5 Å². The number of carbonyl (C=O) groups excluding carboxylic acids is 1. The van der Waals surface area contributed by atoms with Gasteiger partial charge in [-0.25, -0.2) is 0 Å². The first-order valence-corrected chi connectivity index (χ1v) is 5.11. The lowest BCUT2D eigenvalue weighted by atomic mass is 10.2. The third kappa shape index (κ3) is 4.01. The number of halogens is 1. The lowest BCUT2D eigenvalue weighted by Gasteiger charge is -2.04. The molecule has 0 heterocycles. The van der Waals surface area contributed by atoms with Crippen molar-refractivity contribution >= 4 is 23.1 Å². The van der Waals surface area contributed by atoms with Gasteiger partial charge >= 0.3 is 0 Å². The highest BCUT2D eigenvalue weighted by atomic mass is 35.5. The van der Waals surface area contributed by atoms with Crippen LogP contribution in [0.4, 0.5) is 5.69 Å². The summed E-state index contributed by atoms with van der Waals surface area (Å²) in [4.78, 5) is 10.9. The molecule has 1 aromatic carbocycles. The molecular formula is C11H11ClN2O. The molecular weight excluding hydrogens is 212 g/mol. The molecule has 0 aliphatic rings. The van der Waals surface area contributed by atoms with Crippen LogP contribution >= 0.6 is 11.6 Å². The topological polar surface area (TPSA) is 52.9 Å². The van der Waals surface area contributed by atoms with Gasteiger partial charge in [0.05, 0.1) is 17.5 Å². The molecule has 3 nitrogen and oxygen atoms in total. The molecule has 0 saturated carbocycles. The smallest absolute Gasteiger partial charge is 0.149 e. The van der Waals surface area contributed by atoms with Crippen LogP contribution in [-0.2, 0) is 4.79 Å². The monoisotopic (exact) mass is 222 g/mol. The summed E-state index contributed by atoms with van der Waals surface area (Å²) in [7, 11) is 0. The normalized spacial score (nSPS) is 9.33. The number of Topliss-reactive ketones (excluding diaryl/α,β-unsaturated/α-hetero) is 1. The second-order valence-corrected chi connectivity index (χ2v) is 3.31. The maximum Gasteiger partial charge on any atom is 0.149 e. The van der Waals surface area contributed by atoms with Crippen LogP contribution in [0.25, 0.3) is 0 Å². The molecule has 0 spiro atoms. The third-order valence-electron chi connectivity index (χ3n) is 1.90. The summed E-state index contributed by atoms with van der Waals surface area (Å²) in [5.74, 6) is 0.0903. The fourth-order valence-corrected chi connectivity index (χ4v) is 1.21. The van der Waals surface area contributed by atoms with Crippen LogP contribution in [0.3, 0.4) is 0 Å². The van der Waals surface area contributed by atoms with Crippen molar-refractivity contribution in [2.24, 2.45) is 0 Å². The highest BCUT2D eigenvalue weighted by Gasteiger charge is 1.98. The van der Waals surface area contributed by atoms with Crippen molar-refractivity contribution in [2.45, 2.75) is 6.42 Å². The predicted molar refractivity (Wildman–Crippen MR) is 60.0 cm³/mol. The molecule has 1 N–H and O–H groups in total. The number of hydrogen-bond donors (Lipinski definition) is 1. The quantitative estimate of drug-likeness (QED) is 0.777. The number of rotatable bonds is 5. The predicted octanol–water partition coefficient (Wildman–Crippen LogP) is 2.17. The maximum atomic E-state index is 10.9. The number of alkyl halides is 1. The minimum Gasteiger partial charge on any atom is -0.385 e. The lowest BCUT2D eigenvalue weighted by Crippen LogP contribution is -2.09. The van der Waals surface area contributed by atoms with Gasteiger partial charge in [-0.1, -0.05) is 0 Å². The van der Waals surface area contributed by atoms with E-state index in [2.05, 4.69) is 5.32 Å². The van der Waals surface area contributed by atoms with Crippen LogP contribution in [0.2, 0.25) is 0 Å². The average molecular weight is 223 g/mol. The summed E-state index contributed by atoms with van der Waals surface area (Å²) in [5.41, 5.74) is 1.52. The van der Waals surface area contributed by atoms with Gasteiger partial charge in [-0.3, -0.25) is 4.79 Å². The van der Waals surface area contributed by atoms with E-state index in [4.69, 9.17) is 16.9 Å². The van der Waals surface area contributed by atoms with Crippen LogP contribution in [0.5, 0.6) is 0 Å². The van der Waals surface area contributed by atoms with Crippen LogP contribution < -0.4 is 5.32 Å². The highest BCUT2D eigenvalue weighted by molar-refractivity contribution is 6.27. The second-order valence-electron chi connectivity index (χ2n) is 3.04. The summed E-state index contributed by atoms with van der Waals surface area (Å²) in [6.07, 6.45) is 0.420. The minimum atomic E-state index is 0.0258. The van der Waals surface area contributed by atoms with Crippen molar-refractivity contribution in [3.05, 3.63) is 29.8 Å². The maximum absolute atomic E-state index is 10.9. The second kappa shape index (κ2) is 6.05. The van der Waals surface area contributed by atoms with Crippen LogP contribution in [0, 0.1) is 11.3 Å². The van der Waals surface area contributed by atoms with E-state index in [1.165, 1.54) is 0 Å². The van der Waals surface area contributed by atoms with Crippen molar-refractivity contribution in [3.63, 3.8) is 0 Å². The largest absolute Gasteiger partial charge is 0.385 e. The molecule has 1 rings (SSSR count). The van der Waals surface area contributed by atoms with E-state index in [1.807, 2.05) is 18.2 Å². The van der Waals surface area contributed by atoms with E-state index in [0.717, 1.165) is 5.69 Å². The van der Waals surface area contributed by atoms with Crippen molar-refractivity contribution in [1.29, 1.82) is 5.26 Å². The van der Waals surface area contributed by atoms with Gasteiger partial charge in [-0.2, -0.15) is 5.26 Å². The summed E-state index contributed by atoms with van der Waals surface area (Å²) in [5, 5.41) is 11.7. The van der Waals surface area contributed by atoms with Gasteiger partial charge in [0.1, 0.15) is 5.78 Å². The zero-order chi connectivity index (χ0) is 11.1. The number of hydrogen-bond acceptors (Lipinski definition) is 3. The van der Waals surface area contributed by atoms with Gasteiger partial charge < -0.3 is 5.32 Å². The molecule has 0 saturated heterocycles. The van der Waals surface area contributed by atoms with Gasteiger partial charge in [0.2, 0.25) is 0 Å². The Balaban J connectivity index is 2.38. The number of carbonyl (C=O) groups is 1. The number of ketones is 1. The molecule has 0 bridgehead atoms. The Morgan fingerprint density at radius 1 is 1.40 bits per heavy atom. The number of anilines is 1. The first kappa shape index (κ1) is 11.5. The molecule has 0 radical (unpaired) electrons. The van der Waals surface area contributed by atoms with Crippen molar-refractivity contribution in [2.75, 3.05) is 17.7 Å². The Kier molecular flexibility index (Phi) is 4.65. The lowest BCUT2D eigenvalue weighted by molar-refractivity contribution is -0.116. The summed E-state index contributed by atoms with van der Waals surface area (Å²) in [6.45, 7) is 0.567. The molecule has 0 unspecified atom stereocenters. The van der Waals surface area contributed by atoms with E-state index < -0.39 is 0 Å². The molecule has 0 atom stereocenters. The van der Waals surface area contributed by atoms with Gasteiger partial charge in [0.25, 0.3) is 0 Å². The molecule has 4 heteroatoms. The Hall–Kier alpha value is -1.53. The van der Waals surface area contributed by atoms with Gasteiger partial charge in [0, 0.05) is 18.7 Å². The third-order valence-corrected chi connectivity index (χ3v) is 2.19. The molecule has 0 aliphatic carbocycles. The van der Waals surface area contributed by atoms with Crippen molar-refractivity contribution in [3.8, 4) is 6.07 Å². The Labute approximate surface area is 93.7 Å². The summed E-state index contributed by atoms with van der Waals surface area (Å²) in [6, 6.07) is 9.11. The van der Waals surface area contributed by atoms with Crippen LogP contribution in [-0.4, -0.2) is 18.2 Å². The minimum absolute atomic E-state index is 0.0258. The first-order valence-electron chi connectivity index (χ1n) is 4.58. The summed E-state index contributed by atoms with van der Waals surface area (Å²) < 4.78 is 0.